The van der Waals surface area contributed by atoms with Crippen LogP contribution >= 0.6 is 0 Å². The summed E-state index contributed by atoms with van der Waals surface area (Å²) in [6.07, 6.45) is 2.59. The first-order chi connectivity index (χ1) is 17.1. The minimum atomic E-state index is -0.397. The SMILES string of the molecule is CCCC[C@H]([C@H](C)OCc1ccc(OC)cc1)[C@@H](COc1ccccc1)OCC(OCC)OCC. The standard InChI is InChI=1S/C29H44O6/c1-6-9-15-27(23(4)33-20-24-16-18-25(30-5)19-17-24)28(21-34-26-13-11-10-12-14-26)35-22-29(31-7-2)32-8-3/h10-14,16-19,23,27-29H,6-9,15,20-22H2,1-5H3/t23-,27+,28+/m0/s1. The third kappa shape index (κ3) is 11.0. The van der Waals surface area contributed by atoms with Crippen LogP contribution in [0, 0.1) is 5.92 Å². The number of benzene rings is 2. The highest BCUT2D eigenvalue weighted by atomic mass is 16.7. The van der Waals surface area contributed by atoms with Gasteiger partial charge in [-0.1, -0.05) is 50.1 Å². The molecule has 0 aliphatic rings. The number of rotatable bonds is 19. The summed E-state index contributed by atoms with van der Waals surface area (Å²) in [6, 6.07) is 17.8. The molecule has 0 spiro atoms. The van der Waals surface area contributed by atoms with Gasteiger partial charge in [-0.15, -0.1) is 0 Å². The summed E-state index contributed by atoms with van der Waals surface area (Å²) < 4.78 is 35.6. The van der Waals surface area contributed by atoms with Gasteiger partial charge in [-0.05, 0) is 57.0 Å². The van der Waals surface area contributed by atoms with Crippen LogP contribution in [0.5, 0.6) is 11.5 Å². The lowest BCUT2D eigenvalue weighted by Crippen LogP contribution is -2.40. The predicted octanol–water partition coefficient (Wildman–Crippen LogP) is 6.27. The quantitative estimate of drug-likeness (QED) is 0.217. The molecule has 6 heteroatoms. The first-order valence-corrected chi connectivity index (χ1v) is 12.9. The van der Waals surface area contributed by atoms with Crippen molar-refractivity contribution in [1.82, 2.24) is 0 Å². The van der Waals surface area contributed by atoms with Gasteiger partial charge in [-0.25, -0.2) is 0 Å². The Labute approximate surface area is 211 Å². The Bertz CT molecular complexity index is 761. The number of ether oxygens (including phenoxy) is 6. The highest BCUT2D eigenvalue weighted by molar-refractivity contribution is 5.26. The summed E-state index contributed by atoms with van der Waals surface area (Å²) in [5.41, 5.74) is 1.11. The number of para-hydroxylation sites is 1. The zero-order chi connectivity index (χ0) is 25.3. The van der Waals surface area contributed by atoms with Crippen molar-refractivity contribution in [1.29, 1.82) is 0 Å². The van der Waals surface area contributed by atoms with Crippen molar-refractivity contribution in [2.75, 3.05) is 33.5 Å². The zero-order valence-electron chi connectivity index (χ0n) is 22.1. The van der Waals surface area contributed by atoms with Crippen LogP contribution in [-0.4, -0.2) is 52.0 Å². The van der Waals surface area contributed by atoms with Crippen LogP contribution in [0.25, 0.3) is 0 Å². The minimum absolute atomic E-state index is 0.0225. The van der Waals surface area contributed by atoms with Gasteiger partial charge in [0.2, 0.25) is 0 Å². The molecule has 196 valence electrons. The molecule has 0 aliphatic heterocycles. The maximum atomic E-state index is 6.42. The van der Waals surface area contributed by atoms with Gasteiger partial charge in [0.15, 0.2) is 6.29 Å². The van der Waals surface area contributed by atoms with Crippen LogP contribution in [0.3, 0.4) is 0 Å². The van der Waals surface area contributed by atoms with E-state index in [-0.39, 0.29) is 18.1 Å². The summed E-state index contributed by atoms with van der Waals surface area (Å²) in [5, 5.41) is 0. The molecular weight excluding hydrogens is 444 g/mol. The van der Waals surface area contributed by atoms with E-state index in [9.17, 15) is 0 Å². The van der Waals surface area contributed by atoms with Crippen molar-refractivity contribution in [2.24, 2.45) is 5.92 Å². The Kier molecular flexibility index (Phi) is 14.4. The lowest BCUT2D eigenvalue weighted by atomic mass is 9.91. The zero-order valence-corrected chi connectivity index (χ0v) is 22.1. The van der Waals surface area contributed by atoms with Crippen LogP contribution in [0.4, 0.5) is 0 Å². The van der Waals surface area contributed by atoms with E-state index in [1.54, 1.807) is 7.11 Å². The molecule has 0 radical (unpaired) electrons. The number of unbranched alkanes of at least 4 members (excludes halogenated alkanes) is 1. The second-order valence-electron chi connectivity index (χ2n) is 8.51. The largest absolute Gasteiger partial charge is 0.497 e. The monoisotopic (exact) mass is 488 g/mol. The van der Waals surface area contributed by atoms with Crippen LogP contribution in [-0.2, 0) is 25.6 Å². The van der Waals surface area contributed by atoms with Gasteiger partial charge in [0.1, 0.15) is 18.1 Å². The van der Waals surface area contributed by atoms with Crippen molar-refractivity contribution in [3.8, 4) is 11.5 Å². The maximum Gasteiger partial charge on any atom is 0.180 e. The molecule has 0 saturated carbocycles. The molecule has 0 aromatic heterocycles. The van der Waals surface area contributed by atoms with E-state index in [1.807, 2.05) is 68.4 Å². The van der Waals surface area contributed by atoms with Crippen LogP contribution in [0.1, 0.15) is 52.5 Å². The normalized spacial score (nSPS) is 14.0. The van der Waals surface area contributed by atoms with Crippen LogP contribution in [0.15, 0.2) is 54.6 Å². The molecule has 0 aliphatic carbocycles. The fourth-order valence-corrected chi connectivity index (χ4v) is 3.94. The molecule has 0 amide bonds. The third-order valence-electron chi connectivity index (χ3n) is 5.95. The average Bonchev–Trinajstić information content (AvgIpc) is 2.89. The minimum Gasteiger partial charge on any atom is -0.497 e. The fraction of sp³-hybridized carbons (Fsp3) is 0.586. The first kappa shape index (κ1) is 29.1. The lowest BCUT2D eigenvalue weighted by molar-refractivity contribution is -0.188. The predicted molar refractivity (Wildman–Crippen MR) is 139 cm³/mol. The molecule has 35 heavy (non-hydrogen) atoms. The summed E-state index contributed by atoms with van der Waals surface area (Å²) in [4.78, 5) is 0. The Morgan fingerprint density at radius 3 is 2.03 bits per heavy atom. The second-order valence-corrected chi connectivity index (χ2v) is 8.51. The van der Waals surface area contributed by atoms with Gasteiger partial charge in [0.25, 0.3) is 0 Å². The Balaban J connectivity index is 2.11. The van der Waals surface area contributed by atoms with E-state index in [0.717, 1.165) is 36.3 Å². The highest BCUT2D eigenvalue weighted by Crippen LogP contribution is 2.25. The Morgan fingerprint density at radius 2 is 1.43 bits per heavy atom. The van der Waals surface area contributed by atoms with Gasteiger partial charge in [-0.2, -0.15) is 0 Å². The van der Waals surface area contributed by atoms with Crippen LogP contribution in [0.2, 0.25) is 0 Å². The average molecular weight is 489 g/mol. The van der Waals surface area contributed by atoms with E-state index in [2.05, 4.69) is 13.8 Å². The third-order valence-corrected chi connectivity index (χ3v) is 5.95. The van der Waals surface area contributed by atoms with Gasteiger partial charge in [-0.3, -0.25) is 0 Å². The number of hydrogen-bond acceptors (Lipinski definition) is 6. The first-order valence-electron chi connectivity index (χ1n) is 12.9. The molecule has 0 unspecified atom stereocenters. The van der Waals surface area contributed by atoms with E-state index >= 15 is 0 Å². The van der Waals surface area contributed by atoms with Crippen molar-refractivity contribution in [3.05, 3.63) is 60.2 Å². The van der Waals surface area contributed by atoms with E-state index < -0.39 is 6.29 Å². The maximum absolute atomic E-state index is 6.42. The molecule has 0 saturated heterocycles. The smallest absolute Gasteiger partial charge is 0.180 e. The van der Waals surface area contributed by atoms with Gasteiger partial charge in [0.05, 0.1) is 32.5 Å². The van der Waals surface area contributed by atoms with Gasteiger partial charge < -0.3 is 28.4 Å². The van der Waals surface area contributed by atoms with E-state index in [4.69, 9.17) is 28.4 Å². The molecule has 3 atom stereocenters. The molecular formula is C29H44O6. The number of hydrogen-bond donors (Lipinski definition) is 0. The van der Waals surface area contributed by atoms with Crippen molar-refractivity contribution in [3.63, 3.8) is 0 Å². The van der Waals surface area contributed by atoms with Gasteiger partial charge >= 0.3 is 0 Å². The van der Waals surface area contributed by atoms with Crippen molar-refractivity contribution >= 4 is 0 Å². The lowest BCUT2D eigenvalue weighted by Gasteiger charge is -2.33. The summed E-state index contributed by atoms with van der Waals surface area (Å²) in [5.74, 6) is 1.82. The summed E-state index contributed by atoms with van der Waals surface area (Å²) in [6.45, 7) is 10.7. The Hall–Kier alpha value is -2.12. The summed E-state index contributed by atoms with van der Waals surface area (Å²) >= 11 is 0. The topological polar surface area (TPSA) is 55.4 Å². The molecule has 6 nitrogen and oxygen atoms in total. The van der Waals surface area contributed by atoms with Crippen LogP contribution < -0.4 is 9.47 Å². The van der Waals surface area contributed by atoms with E-state index in [1.165, 1.54) is 0 Å². The molecule has 0 heterocycles. The van der Waals surface area contributed by atoms with Crippen molar-refractivity contribution < 1.29 is 28.4 Å². The molecule has 0 N–H and O–H groups in total. The molecule has 2 rings (SSSR count). The fourth-order valence-electron chi connectivity index (χ4n) is 3.94. The Morgan fingerprint density at radius 1 is 0.743 bits per heavy atom. The molecule has 2 aromatic carbocycles. The molecule has 0 bridgehead atoms. The van der Waals surface area contributed by atoms with Crippen molar-refractivity contribution in [2.45, 2.75) is 72.1 Å². The van der Waals surface area contributed by atoms with E-state index in [0.29, 0.717) is 33.0 Å². The number of methoxy groups -OCH3 is 1. The second kappa shape index (κ2) is 17.3. The summed E-state index contributed by atoms with van der Waals surface area (Å²) in [7, 11) is 1.67. The highest BCUT2D eigenvalue weighted by Gasteiger charge is 2.30. The van der Waals surface area contributed by atoms with Gasteiger partial charge in [0, 0.05) is 19.1 Å². The molecule has 2 aromatic rings. The molecule has 0 fully saturated rings.